The van der Waals surface area contributed by atoms with E-state index in [-0.39, 0.29) is 35.9 Å². The van der Waals surface area contributed by atoms with Gasteiger partial charge in [0.05, 0.1) is 25.8 Å². The molecule has 0 radical (unpaired) electrons. The van der Waals surface area contributed by atoms with Gasteiger partial charge in [-0.1, -0.05) is 12.1 Å². The van der Waals surface area contributed by atoms with Gasteiger partial charge in [-0.2, -0.15) is 0 Å². The summed E-state index contributed by atoms with van der Waals surface area (Å²) in [5.41, 5.74) is 1.04. The summed E-state index contributed by atoms with van der Waals surface area (Å²) in [6, 6.07) is 5.97. The van der Waals surface area contributed by atoms with Crippen LogP contribution in [0.1, 0.15) is 38.7 Å². The van der Waals surface area contributed by atoms with Crippen molar-refractivity contribution in [3.63, 3.8) is 0 Å². The number of aliphatic imine (C=N–C) groups is 1. The summed E-state index contributed by atoms with van der Waals surface area (Å²) in [5, 5.41) is 3.44. The van der Waals surface area contributed by atoms with Crippen molar-refractivity contribution in [1.29, 1.82) is 0 Å². The highest BCUT2D eigenvalue weighted by Crippen LogP contribution is 2.33. The number of carbonyl (C=O) groups excluding carboxylic acids is 1. The first-order valence-corrected chi connectivity index (χ1v) is 12.1. The lowest BCUT2D eigenvalue weighted by atomic mass is 10.2. The van der Waals surface area contributed by atoms with Crippen LogP contribution in [0.3, 0.4) is 0 Å². The third-order valence-corrected chi connectivity index (χ3v) is 6.52. The van der Waals surface area contributed by atoms with Gasteiger partial charge in [-0.15, -0.1) is 24.0 Å². The lowest BCUT2D eigenvalue weighted by Crippen LogP contribution is -2.57. The predicted octanol–water partition coefficient (Wildman–Crippen LogP) is 2.56. The summed E-state index contributed by atoms with van der Waals surface area (Å²) in [6.45, 7) is 12.1. The van der Waals surface area contributed by atoms with Gasteiger partial charge >= 0.3 is 0 Å². The van der Waals surface area contributed by atoms with E-state index in [1.54, 1.807) is 0 Å². The van der Waals surface area contributed by atoms with Crippen LogP contribution in [0.2, 0.25) is 0 Å². The summed E-state index contributed by atoms with van der Waals surface area (Å²) in [7, 11) is 0. The molecule has 3 aliphatic rings. The number of nitrogens with one attached hydrogen (secondary N) is 1. The first-order valence-electron chi connectivity index (χ1n) is 12.1. The Labute approximate surface area is 214 Å². The average Bonchev–Trinajstić information content (AvgIpc) is 3.26. The molecule has 0 aromatic heterocycles. The van der Waals surface area contributed by atoms with Crippen LogP contribution in [0.15, 0.2) is 23.2 Å². The van der Waals surface area contributed by atoms with Gasteiger partial charge in [0.1, 0.15) is 0 Å². The van der Waals surface area contributed by atoms with Crippen molar-refractivity contribution in [2.75, 3.05) is 59.0 Å². The monoisotopic (exact) mass is 571 g/mol. The molecule has 0 spiro atoms. The van der Waals surface area contributed by atoms with Gasteiger partial charge in [0.2, 0.25) is 5.91 Å². The number of hydrogen-bond donors (Lipinski definition) is 1. The van der Waals surface area contributed by atoms with Gasteiger partial charge in [-0.25, -0.2) is 4.99 Å². The largest absolute Gasteiger partial charge is 0.490 e. The van der Waals surface area contributed by atoms with Crippen LogP contribution in [0.4, 0.5) is 0 Å². The molecule has 0 bridgehead atoms. The number of fused-ring (bicyclic) bond motifs is 1. The van der Waals surface area contributed by atoms with E-state index in [9.17, 15) is 4.79 Å². The Morgan fingerprint density at radius 3 is 2.48 bits per heavy atom. The predicted molar refractivity (Wildman–Crippen MR) is 141 cm³/mol. The summed E-state index contributed by atoms with van der Waals surface area (Å²) in [5.74, 6) is 2.83. The molecule has 1 atom stereocenters. The topological polar surface area (TPSA) is 69.6 Å². The van der Waals surface area contributed by atoms with Crippen molar-refractivity contribution in [3.8, 4) is 11.5 Å². The number of carbonyl (C=O) groups is 1. The Balaban J connectivity index is 0.00000306. The van der Waals surface area contributed by atoms with Crippen molar-refractivity contribution in [1.82, 2.24) is 20.0 Å². The first-order chi connectivity index (χ1) is 15.7. The Bertz CT molecular complexity index is 807. The number of piperazine rings is 1. The smallest absolute Gasteiger partial charge is 0.239 e. The number of nitrogens with zero attached hydrogens (tertiary/aromatic N) is 4. The number of halogens is 1. The van der Waals surface area contributed by atoms with E-state index in [0.29, 0.717) is 19.8 Å². The molecule has 1 N–H and O–H groups in total. The third kappa shape index (κ3) is 6.44. The van der Waals surface area contributed by atoms with Crippen LogP contribution in [0, 0.1) is 0 Å². The molecular formula is C24H38IN5O3. The number of amides is 1. The molecule has 1 aromatic rings. The van der Waals surface area contributed by atoms with E-state index in [4.69, 9.17) is 14.5 Å². The van der Waals surface area contributed by atoms with Crippen molar-refractivity contribution >= 4 is 35.8 Å². The second-order valence-corrected chi connectivity index (χ2v) is 8.70. The minimum absolute atomic E-state index is 0. The summed E-state index contributed by atoms with van der Waals surface area (Å²) >= 11 is 0. The number of guanidine groups is 1. The van der Waals surface area contributed by atoms with Gasteiger partial charge in [0, 0.05) is 57.8 Å². The van der Waals surface area contributed by atoms with E-state index in [1.807, 2.05) is 17.0 Å². The Morgan fingerprint density at radius 1 is 1.03 bits per heavy atom. The summed E-state index contributed by atoms with van der Waals surface area (Å²) < 4.78 is 11.8. The van der Waals surface area contributed by atoms with Gasteiger partial charge in [0.25, 0.3) is 0 Å². The van der Waals surface area contributed by atoms with Crippen LogP contribution in [0.25, 0.3) is 0 Å². The Morgan fingerprint density at radius 2 is 1.76 bits per heavy atom. The number of hydrogen-bond acceptors (Lipinski definition) is 5. The molecule has 3 heterocycles. The molecule has 2 saturated heterocycles. The molecule has 33 heavy (non-hydrogen) atoms. The maximum absolute atomic E-state index is 12.8. The SMILES string of the molecule is CCNC(=NCc1cccc2c1OCCCO2)N1CCN(C(C)C(=O)N2CCCC2)CC1.I. The highest BCUT2D eigenvalue weighted by atomic mass is 127. The summed E-state index contributed by atoms with van der Waals surface area (Å²) in [4.78, 5) is 24.3. The van der Waals surface area contributed by atoms with Crippen molar-refractivity contribution in [2.45, 2.75) is 45.7 Å². The highest BCUT2D eigenvalue weighted by Gasteiger charge is 2.30. The van der Waals surface area contributed by atoms with E-state index in [1.165, 1.54) is 0 Å². The quantitative estimate of drug-likeness (QED) is 0.333. The maximum atomic E-state index is 12.8. The van der Waals surface area contributed by atoms with Gasteiger partial charge in [-0.05, 0) is 32.8 Å². The fraction of sp³-hybridized carbons (Fsp3) is 0.667. The standard InChI is InChI=1S/C24H37N5O3.HI/c1-3-25-24(26-18-20-8-6-9-21-22(20)32-17-7-16-31-21)29-14-12-27(13-15-29)19(2)23(30)28-10-4-5-11-28;/h6,8-9,19H,3-5,7,10-18H2,1-2H3,(H,25,26);1H. The van der Waals surface area contributed by atoms with Crippen molar-refractivity contribution < 1.29 is 14.3 Å². The van der Waals surface area contributed by atoms with E-state index in [2.05, 4.69) is 35.0 Å². The minimum atomic E-state index is -0.0494. The molecule has 2 fully saturated rings. The van der Waals surface area contributed by atoms with Crippen LogP contribution < -0.4 is 14.8 Å². The molecule has 0 aliphatic carbocycles. The Hall–Kier alpha value is -1.75. The molecule has 1 unspecified atom stereocenters. The van der Waals surface area contributed by atoms with Gasteiger partial charge in [-0.3, -0.25) is 9.69 Å². The van der Waals surface area contributed by atoms with Crippen LogP contribution >= 0.6 is 24.0 Å². The van der Waals surface area contributed by atoms with E-state index >= 15 is 0 Å². The van der Waals surface area contributed by atoms with Crippen molar-refractivity contribution in [3.05, 3.63) is 23.8 Å². The number of likely N-dealkylation sites (tertiary alicyclic amines) is 1. The first kappa shape index (κ1) is 25.9. The second-order valence-electron chi connectivity index (χ2n) is 8.70. The van der Waals surface area contributed by atoms with E-state index in [0.717, 1.165) is 88.1 Å². The van der Waals surface area contributed by atoms with Crippen molar-refractivity contribution in [2.24, 2.45) is 4.99 Å². The normalized spacial score (nSPS) is 20.1. The second kappa shape index (κ2) is 12.6. The number of rotatable bonds is 5. The molecule has 1 aromatic carbocycles. The zero-order chi connectivity index (χ0) is 22.3. The Kier molecular flexibility index (Phi) is 9.91. The number of benzene rings is 1. The molecule has 0 saturated carbocycles. The van der Waals surface area contributed by atoms with E-state index < -0.39 is 0 Å². The minimum Gasteiger partial charge on any atom is -0.490 e. The molecule has 8 nitrogen and oxygen atoms in total. The lowest BCUT2D eigenvalue weighted by molar-refractivity contribution is -0.135. The van der Waals surface area contributed by atoms with Crippen LogP contribution in [0.5, 0.6) is 11.5 Å². The van der Waals surface area contributed by atoms with Crippen LogP contribution in [-0.2, 0) is 11.3 Å². The van der Waals surface area contributed by atoms with Crippen LogP contribution in [-0.4, -0.2) is 91.6 Å². The molecule has 3 aliphatic heterocycles. The number of para-hydroxylation sites is 1. The molecule has 1 amide bonds. The highest BCUT2D eigenvalue weighted by molar-refractivity contribution is 14.0. The fourth-order valence-corrected chi connectivity index (χ4v) is 4.64. The molecular weight excluding hydrogens is 533 g/mol. The lowest BCUT2D eigenvalue weighted by Gasteiger charge is -2.39. The average molecular weight is 572 g/mol. The maximum Gasteiger partial charge on any atom is 0.239 e. The zero-order valence-corrected chi connectivity index (χ0v) is 22.3. The third-order valence-electron chi connectivity index (χ3n) is 6.52. The van der Waals surface area contributed by atoms with Gasteiger partial charge in [0.15, 0.2) is 17.5 Å². The van der Waals surface area contributed by atoms with Gasteiger partial charge < -0.3 is 24.6 Å². The molecule has 4 rings (SSSR count). The fourth-order valence-electron chi connectivity index (χ4n) is 4.64. The zero-order valence-electron chi connectivity index (χ0n) is 19.9. The summed E-state index contributed by atoms with van der Waals surface area (Å²) in [6.07, 6.45) is 3.16. The molecule has 9 heteroatoms. The number of ether oxygens (including phenoxy) is 2. The molecule has 184 valence electrons.